The lowest BCUT2D eigenvalue weighted by Gasteiger charge is -2.19. The number of carbonyl (C=O) groups excluding carboxylic acids is 1. The smallest absolute Gasteiger partial charge is 0.412 e. The number of aromatic nitrogens is 2. The van der Waals surface area contributed by atoms with Gasteiger partial charge in [0.1, 0.15) is 12.1 Å². The monoisotopic (exact) mass is 572 g/mol. The van der Waals surface area contributed by atoms with Gasteiger partial charge in [-0.1, -0.05) is 38.1 Å². The molecule has 0 aliphatic rings. The molecule has 184 valence electrons. The second-order valence-electron chi connectivity index (χ2n) is 9.46. The van der Waals surface area contributed by atoms with Crippen molar-refractivity contribution in [1.82, 2.24) is 20.8 Å². The Bertz CT molecular complexity index is 898. The van der Waals surface area contributed by atoms with Gasteiger partial charge in [0.05, 0.1) is 0 Å². The first-order valence-corrected chi connectivity index (χ1v) is 10.9. The molecule has 2 aromatic rings. The summed E-state index contributed by atoms with van der Waals surface area (Å²) in [7, 11) is 0. The predicted molar refractivity (Wildman–Crippen MR) is 141 cm³/mol. The lowest BCUT2D eigenvalue weighted by Crippen LogP contribution is -2.38. The molecule has 33 heavy (non-hydrogen) atoms. The third kappa shape index (κ3) is 10.9. The normalized spacial score (nSPS) is 12.0. The number of halogens is 1. The molecule has 0 aliphatic carbocycles. The van der Waals surface area contributed by atoms with Crippen LogP contribution in [0.5, 0.6) is 0 Å². The molecule has 10 heteroatoms. The third-order valence-electron chi connectivity index (χ3n) is 4.14. The van der Waals surface area contributed by atoms with Gasteiger partial charge >= 0.3 is 6.09 Å². The van der Waals surface area contributed by atoms with Crippen LogP contribution in [0.3, 0.4) is 0 Å². The molecular weight excluding hydrogens is 535 g/mol. The Morgan fingerprint density at radius 2 is 1.76 bits per heavy atom. The van der Waals surface area contributed by atoms with Crippen molar-refractivity contribution in [3.8, 4) is 0 Å². The van der Waals surface area contributed by atoms with Gasteiger partial charge < -0.3 is 19.9 Å². The van der Waals surface area contributed by atoms with Gasteiger partial charge in [-0.3, -0.25) is 5.32 Å². The SMILES string of the molecule is CCNC(=NCc1noc(C(C)(C)C)n1)NCCc1ccc(NC(=O)OC(C)(C)C)cc1.I. The van der Waals surface area contributed by atoms with Gasteiger partial charge in [0, 0.05) is 24.2 Å². The zero-order valence-corrected chi connectivity index (χ0v) is 22.9. The van der Waals surface area contributed by atoms with Crippen molar-refractivity contribution in [3.05, 3.63) is 41.5 Å². The summed E-state index contributed by atoms with van der Waals surface area (Å²) in [5.74, 6) is 1.85. The van der Waals surface area contributed by atoms with E-state index in [0.717, 1.165) is 18.5 Å². The van der Waals surface area contributed by atoms with Crippen LogP contribution in [0.4, 0.5) is 10.5 Å². The molecule has 2 rings (SSSR count). The van der Waals surface area contributed by atoms with Crippen LogP contribution in [-0.2, 0) is 23.1 Å². The number of guanidine groups is 1. The summed E-state index contributed by atoms with van der Waals surface area (Å²) in [6.45, 7) is 15.4. The van der Waals surface area contributed by atoms with E-state index >= 15 is 0 Å². The number of hydrogen-bond donors (Lipinski definition) is 3. The summed E-state index contributed by atoms with van der Waals surface area (Å²) in [5, 5.41) is 13.3. The van der Waals surface area contributed by atoms with Crippen molar-refractivity contribution in [1.29, 1.82) is 0 Å². The summed E-state index contributed by atoms with van der Waals surface area (Å²) in [6, 6.07) is 7.68. The van der Waals surface area contributed by atoms with Crippen LogP contribution in [0.1, 0.15) is 65.7 Å². The van der Waals surface area contributed by atoms with E-state index in [0.29, 0.717) is 36.5 Å². The zero-order chi connectivity index (χ0) is 23.8. The molecule has 1 aromatic heterocycles. The van der Waals surface area contributed by atoms with E-state index in [1.54, 1.807) is 0 Å². The topological polar surface area (TPSA) is 114 Å². The van der Waals surface area contributed by atoms with Crippen molar-refractivity contribution >= 4 is 41.7 Å². The molecule has 0 aliphatic heterocycles. The fraction of sp³-hybridized carbons (Fsp3) is 0.565. The van der Waals surface area contributed by atoms with E-state index in [1.807, 2.05) is 72.7 Å². The minimum atomic E-state index is -0.528. The first-order valence-electron chi connectivity index (χ1n) is 10.9. The summed E-state index contributed by atoms with van der Waals surface area (Å²) in [6.07, 6.45) is 0.336. The van der Waals surface area contributed by atoms with Crippen LogP contribution in [0, 0.1) is 0 Å². The molecule has 0 saturated heterocycles. The number of anilines is 1. The van der Waals surface area contributed by atoms with E-state index in [9.17, 15) is 4.79 Å². The van der Waals surface area contributed by atoms with E-state index < -0.39 is 11.7 Å². The number of amides is 1. The molecule has 9 nitrogen and oxygen atoms in total. The van der Waals surface area contributed by atoms with Gasteiger partial charge in [0.25, 0.3) is 0 Å². The lowest BCUT2D eigenvalue weighted by molar-refractivity contribution is 0.0636. The Hall–Kier alpha value is -2.37. The highest BCUT2D eigenvalue weighted by atomic mass is 127. The second kappa shape index (κ2) is 12.8. The quantitative estimate of drug-likeness (QED) is 0.252. The number of hydrogen-bond acceptors (Lipinski definition) is 6. The molecule has 0 fully saturated rings. The van der Waals surface area contributed by atoms with Gasteiger partial charge in [0.15, 0.2) is 11.8 Å². The highest BCUT2D eigenvalue weighted by molar-refractivity contribution is 14.0. The van der Waals surface area contributed by atoms with Crippen LogP contribution >= 0.6 is 24.0 Å². The van der Waals surface area contributed by atoms with Crippen molar-refractivity contribution in [2.75, 3.05) is 18.4 Å². The molecule has 0 unspecified atom stereocenters. The second-order valence-corrected chi connectivity index (χ2v) is 9.46. The van der Waals surface area contributed by atoms with Gasteiger partial charge in [-0.25, -0.2) is 9.79 Å². The van der Waals surface area contributed by atoms with Gasteiger partial charge in [-0.05, 0) is 51.8 Å². The Morgan fingerprint density at radius 3 is 2.30 bits per heavy atom. The summed E-state index contributed by atoms with van der Waals surface area (Å²) in [4.78, 5) is 20.8. The summed E-state index contributed by atoms with van der Waals surface area (Å²) in [5.41, 5.74) is 1.12. The van der Waals surface area contributed by atoms with E-state index in [4.69, 9.17) is 9.26 Å². The van der Waals surface area contributed by atoms with Crippen LogP contribution in [0.2, 0.25) is 0 Å². The maximum absolute atomic E-state index is 11.9. The van der Waals surface area contributed by atoms with E-state index in [-0.39, 0.29) is 29.4 Å². The Balaban J connectivity index is 0.00000544. The first kappa shape index (κ1) is 28.7. The highest BCUT2D eigenvalue weighted by Crippen LogP contribution is 2.19. The molecule has 0 spiro atoms. The molecule has 0 radical (unpaired) electrons. The van der Waals surface area contributed by atoms with Gasteiger partial charge in [0.2, 0.25) is 5.89 Å². The fourth-order valence-corrected chi connectivity index (χ4v) is 2.62. The molecule has 1 aromatic carbocycles. The van der Waals surface area contributed by atoms with E-state index in [1.165, 1.54) is 0 Å². The maximum Gasteiger partial charge on any atom is 0.412 e. The Labute approximate surface area is 213 Å². The standard InChI is InChI=1S/C23H36N6O3.HI/c1-8-24-20(26-15-18-28-19(32-29-18)22(2,3)4)25-14-13-16-9-11-17(12-10-16)27-21(30)31-23(5,6)7;/h9-12H,8,13-15H2,1-7H3,(H,27,30)(H2,24,25,26);1H. The molecule has 0 atom stereocenters. The number of aliphatic imine (C=N–C) groups is 1. The highest BCUT2D eigenvalue weighted by Gasteiger charge is 2.21. The fourth-order valence-electron chi connectivity index (χ4n) is 2.62. The summed E-state index contributed by atoms with van der Waals surface area (Å²) < 4.78 is 10.6. The van der Waals surface area contributed by atoms with Crippen LogP contribution in [0.15, 0.2) is 33.8 Å². The number of benzene rings is 1. The maximum atomic E-state index is 11.9. The number of rotatable bonds is 7. The predicted octanol–water partition coefficient (Wildman–Crippen LogP) is 4.63. The largest absolute Gasteiger partial charge is 0.444 e. The first-order chi connectivity index (χ1) is 15.0. The van der Waals surface area contributed by atoms with Gasteiger partial charge in [-0.15, -0.1) is 24.0 Å². The van der Waals surface area contributed by atoms with Crippen molar-refractivity contribution in [3.63, 3.8) is 0 Å². The Kier molecular flexibility index (Phi) is 11.1. The Morgan fingerprint density at radius 1 is 1.09 bits per heavy atom. The lowest BCUT2D eigenvalue weighted by atomic mass is 9.97. The number of nitrogens with zero attached hydrogens (tertiary/aromatic N) is 3. The molecule has 0 saturated carbocycles. The zero-order valence-electron chi connectivity index (χ0n) is 20.6. The van der Waals surface area contributed by atoms with Crippen molar-refractivity contribution in [2.45, 2.75) is 72.4 Å². The van der Waals surface area contributed by atoms with Crippen LogP contribution in [0.25, 0.3) is 0 Å². The number of carbonyl (C=O) groups is 1. The van der Waals surface area contributed by atoms with Crippen LogP contribution in [-0.4, -0.2) is 40.9 Å². The van der Waals surface area contributed by atoms with Gasteiger partial charge in [-0.2, -0.15) is 4.98 Å². The van der Waals surface area contributed by atoms with Crippen molar-refractivity contribution < 1.29 is 14.1 Å². The van der Waals surface area contributed by atoms with E-state index in [2.05, 4.69) is 31.1 Å². The minimum absolute atomic E-state index is 0. The van der Waals surface area contributed by atoms with Crippen LogP contribution < -0.4 is 16.0 Å². The molecule has 3 N–H and O–H groups in total. The molecule has 0 bridgehead atoms. The average molecular weight is 572 g/mol. The number of nitrogens with one attached hydrogen (secondary N) is 3. The molecule has 1 amide bonds. The minimum Gasteiger partial charge on any atom is -0.444 e. The number of ether oxygens (including phenoxy) is 1. The third-order valence-corrected chi connectivity index (χ3v) is 4.14. The average Bonchev–Trinajstić information content (AvgIpc) is 3.15. The molecule has 1 heterocycles. The molecular formula is C23H37IN6O3. The van der Waals surface area contributed by atoms with Crippen molar-refractivity contribution in [2.24, 2.45) is 4.99 Å². The summed E-state index contributed by atoms with van der Waals surface area (Å²) >= 11 is 0.